The van der Waals surface area contributed by atoms with Crippen molar-refractivity contribution in [2.24, 2.45) is 0 Å². The Morgan fingerprint density at radius 3 is 2.39 bits per heavy atom. The molecule has 0 aliphatic carbocycles. The number of sulfonamides is 1. The van der Waals surface area contributed by atoms with E-state index in [0.717, 1.165) is 13.1 Å². The number of hydrogen-bond acceptors (Lipinski definition) is 3. The molecular weight excluding hydrogens is 272 g/mol. The minimum absolute atomic E-state index is 0.211. The van der Waals surface area contributed by atoms with Gasteiger partial charge in [-0.05, 0) is 18.7 Å². The van der Waals surface area contributed by atoms with Gasteiger partial charge >= 0.3 is 0 Å². The Morgan fingerprint density at radius 2 is 1.78 bits per heavy atom. The summed E-state index contributed by atoms with van der Waals surface area (Å²) in [5.74, 6) is 0.211. The fraction of sp³-hybridized carbons (Fsp3) is 0.500. The molecule has 1 heterocycles. The van der Waals surface area contributed by atoms with Crippen molar-refractivity contribution >= 4 is 21.6 Å². The van der Waals surface area contributed by atoms with Gasteiger partial charge in [0.2, 0.25) is 10.0 Å². The minimum atomic E-state index is -3.41. The van der Waals surface area contributed by atoms with Crippen LogP contribution in [0.5, 0.6) is 0 Å². The van der Waals surface area contributed by atoms with E-state index < -0.39 is 10.0 Å². The van der Waals surface area contributed by atoms with Crippen molar-refractivity contribution in [2.45, 2.75) is 10.8 Å². The first-order valence-corrected chi connectivity index (χ1v) is 7.85. The zero-order chi connectivity index (χ0) is 13.2. The van der Waals surface area contributed by atoms with Crippen LogP contribution in [0.3, 0.4) is 0 Å². The molecule has 0 aromatic heterocycles. The van der Waals surface area contributed by atoms with Gasteiger partial charge in [-0.2, -0.15) is 4.31 Å². The van der Waals surface area contributed by atoms with Gasteiger partial charge in [0.25, 0.3) is 0 Å². The zero-order valence-electron chi connectivity index (χ0n) is 10.3. The molecular formula is C12H17ClN2O2S. The lowest BCUT2D eigenvalue weighted by atomic mass is 10.2. The second kappa shape index (κ2) is 5.57. The molecule has 0 bridgehead atoms. The van der Waals surface area contributed by atoms with Crippen molar-refractivity contribution < 1.29 is 8.42 Å². The van der Waals surface area contributed by atoms with E-state index >= 15 is 0 Å². The Bertz CT molecular complexity index is 511. The molecule has 0 N–H and O–H groups in total. The van der Waals surface area contributed by atoms with Gasteiger partial charge in [-0.1, -0.05) is 18.2 Å². The number of alkyl halides is 1. The fourth-order valence-corrected chi connectivity index (χ4v) is 3.99. The molecule has 18 heavy (non-hydrogen) atoms. The number of hydrogen-bond donors (Lipinski definition) is 0. The van der Waals surface area contributed by atoms with Crippen LogP contribution >= 0.6 is 11.6 Å². The van der Waals surface area contributed by atoms with E-state index in [0.29, 0.717) is 23.5 Å². The van der Waals surface area contributed by atoms with Crippen LogP contribution in [0.25, 0.3) is 0 Å². The Balaban J connectivity index is 2.30. The highest BCUT2D eigenvalue weighted by molar-refractivity contribution is 7.89. The average molecular weight is 289 g/mol. The van der Waals surface area contributed by atoms with Crippen LogP contribution in [-0.4, -0.2) is 50.8 Å². The maximum absolute atomic E-state index is 12.5. The van der Waals surface area contributed by atoms with Crippen molar-refractivity contribution in [3.8, 4) is 0 Å². The first-order chi connectivity index (χ1) is 8.55. The van der Waals surface area contributed by atoms with Gasteiger partial charge in [0.05, 0.1) is 4.90 Å². The highest BCUT2D eigenvalue weighted by Gasteiger charge is 2.28. The molecule has 0 spiro atoms. The summed E-state index contributed by atoms with van der Waals surface area (Å²) >= 11 is 5.81. The molecule has 1 aromatic carbocycles. The topological polar surface area (TPSA) is 40.6 Å². The van der Waals surface area contributed by atoms with Gasteiger partial charge in [-0.3, -0.25) is 0 Å². The second-order valence-electron chi connectivity index (χ2n) is 4.45. The van der Waals surface area contributed by atoms with Crippen LogP contribution in [-0.2, 0) is 15.9 Å². The Labute approximate surface area is 113 Å². The molecule has 1 aliphatic rings. The monoisotopic (exact) mass is 288 g/mol. The summed E-state index contributed by atoms with van der Waals surface area (Å²) in [7, 11) is -1.41. The SMILES string of the molecule is CN1CCN(S(=O)(=O)c2ccccc2CCl)CC1. The first kappa shape index (κ1) is 13.8. The molecule has 0 amide bonds. The summed E-state index contributed by atoms with van der Waals surface area (Å²) in [5, 5.41) is 0. The molecule has 1 saturated heterocycles. The van der Waals surface area contributed by atoms with E-state index in [1.165, 1.54) is 0 Å². The largest absolute Gasteiger partial charge is 0.304 e. The van der Waals surface area contributed by atoms with Gasteiger partial charge in [0.1, 0.15) is 0 Å². The lowest BCUT2D eigenvalue weighted by Gasteiger charge is -2.31. The van der Waals surface area contributed by atoms with Crippen LogP contribution in [0.1, 0.15) is 5.56 Å². The van der Waals surface area contributed by atoms with Gasteiger partial charge in [0, 0.05) is 32.1 Å². The van der Waals surface area contributed by atoms with Gasteiger partial charge in [-0.25, -0.2) is 8.42 Å². The average Bonchev–Trinajstić information content (AvgIpc) is 2.39. The number of benzene rings is 1. The van der Waals surface area contributed by atoms with E-state index in [-0.39, 0.29) is 5.88 Å². The normalized spacial score (nSPS) is 19.0. The van der Waals surface area contributed by atoms with Crippen molar-refractivity contribution in [2.75, 3.05) is 33.2 Å². The third-order valence-corrected chi connectivity index (χ3v) is 5.48. The van der Waals surface area contributed by atoms with Crippen LogP contribution in [0.4, 0.5) is 0 Å². The van der Waals surface area contributed by atoms with Crippen LogP contribution in [0.2, 0.25) is 0 Å². The van der Waals surface area contributed by atoms with Crippen LogP contribution in [0, 0.1) is 0 Å². The Morgan fingerprint density at radius 1 is 1.17 bits per heavy atom. The Kier molecular flexibility index (Phi) is 4.27. The molecule has 1 aromatic rings. The summed E-state index contributed by atoms with van der Waals surface area (Å²) in [6.07, 6.45) is 0. The van der Waals surface area contributed by atoms with Crippen molar-refractivity contribution in [1.82, 2.24) is 9.21 Å². The molecule has 0 atom stereocenters. The molecule has 100 valence electrons. The summed E-state index contributed by atoms with van der Waals surface area (Å²) in [6, 6.07) is 6.93. The fourth-order valence-electron chi connectivity index (χ4n) is 2.03. The lowest BCUT2D eigenvalue weighted by molar-refractivity contribution is 0.222. The summed E-state index contributed by atoms with van der Waals surface area (Å²) in [5.41, 5.74) is 0.665. The number of likely N-dealkylation sites (N-methyl/N-ethyl adjacent to an activating group) is 1. The molecule has 1 fully saturated rings. The van der Waals surface area contributed by atoms with E-state index in [4.69, 9.17) is 11.6 Å². The number of rotatable bonds is 3. The maximum atomic E-state index is 12.5. The van der Waals surface area contributed by atoms with Gasteiger partial charge < -0.3 is 4.90 Å². The lowest BCUT2D eigenvalue weighted by Crippen LogP contribution is -2.47. The van der Waals surface area contributed by atoms with E-state index in [1.807, 2.05) is 7.05 Å². The molecule has 1 aliphatic heterocycles. The smallest absolute Gasteiger partial charge is 0.243 e. The van der Waals surface area contributed by atoms with Crippen molar-refractivity contribution in [3.05, 3.63) is 29.8 Å². The molecule has 6 heteroatoms. The molecule has 4 nitrogen and oxygen atoms in total. The third-order valence-electron chi connectivity index (χ3n) is 3.20. The minimum Gasteiger partial charge on any atom is -0.304 e. The van der Waals surface area contributed by atoms with Gasteiger partial charge in [0.15, 0.2) is 0 Å². The highest BCUT2D eigenvalue weighted by atomic mass is 35.5. The number of piperazine rings is 1. The van der Waals surface area contributed by atoms with E-state index in [1.54, 1.807) is 28.6 Å². The van der Waals surface area contributed by atoms with Crippen molar-refractivity contribution in [3.63, 3.8) is 0 Å². The zero-order valence-corrected chi connectivity index (χ0v) is 11.9. The summed E-state index contributed by atoms with van der Waals surface area (Å²) in [4.78, 5) is 2.46. The molecule has 0 radical (unpaired) electrons. The molecule has 0 saturated carbocycles. The van der Waals surface area contributed by atoms with Crippen molar-refractivity contribution in [1.29, 1.82) is 0 Å². The second-order valence-corrected chi connectivity index (χ2v) is 6.62. The Hall–Kier alpha value is -0.620. The molecule has 0 unspecified atom stereocenters. The standard InChI is InChI=1S/C12H17ClN2O2S/c1-14-6-8-15(9-7-14)18(16,17)12-5-3-2-4-11(12)10-13/h2-5H,6-10H2,1H3. The van der Waals surface area contributed by atoms with Gasteiger partial charge in [-0.15, -0.1) is 11.6 Å². The van der Waals surface area contributed by atoms with E-state index in [9.17, 15) is 8.42 Å². The van der Waals surface area contributed by atoms with E-state index in [2.05, 4.69) is 4.90 Å². The third kappa shape index (κ3) is 2.69. The first-order valence-electron chi connectivity index (χ1n) is 5.88. The van der Waals surface area contributed by atoms with Crippen LogP contribution in [0.15, 0.2) is 29.2 Å². The predicted octanol–water partition coefficient (Wildman–Crippen LogP) is 1.36. The molecule has 2 rings (SSSR count). The number of nitrogens with zero attached hydrogens (tertiary/aromatic N) is 2. The highest BCUT2D eigenvalue weighted by Crippen LogP contribution is 2.22. The predicted molar refractivity (Wildman–Crippen MR) is 72.3 cm³/mol. The summed E-state index contributed by atoms with van der Waals surface area (Å²) < 4.78 is 26.6. The quantitative estimate of drug-likeness (QED) is 0.789. The maximum Gasteiger partial charge on any atom is 0.243 e. The number of halogens is 1. The van der Waals surface area contributed by atoms with Crippen LogP contribution < -0.4 is 0 Å². The summed E-state index contributed by atoms with van der Waals surface area (Å²) in [6.45, 7) is 2.61.